The van der Waals surface area contributed by atoms with Gasteiger partial charge in [-0.2, -0.15) is 5.10 Å². The van der Waals surface area contributed by atoms with E-state index in [1.807, 2.05) is 0 Å². The van der Waals surface area contributed by atoms with Gasteiger partial charge >= 0.3 is 5.97 Å². The maximum absolute atomic E-state index is 13.0. The molecule has 1 aromatic carbocycles. The van der Waals surface area contributed by atoms with Crippen molar-refractivity contribution >= 4 is 17.6 Å². The Morgan fingerprint density at radius 1 is 1.32 bits per heavy atom. The number of hydrogen-bond donors (Lipinski definition) is 1. The lowest BCUT2D eigenvalue weighted by Crippen LogP contribution is -2.50. The quantitative estimate of drug-likeness (QED) is 0.477. The summed E-state index contributed by atoms with van der Waals surface area (Å²) in [5.41, 5.74) is 0.655. The van der Waals surface area contributed by atoms with Crippen molar-refractivity contribution in [3.8, 4) is 0 Å². The lowest BCUT2D eigenvalue weighted by atomic mass is 9.90. The standard InChI is InChI=1S/C19H22N4O5/c1-19(18(25)28-3,12-7-6-8-13(11-12)23(26)27)20-17(24)16-14-9-4-5-10-15(14)22(2)21-16/h6-8,11H,4-5,9-10H2,1-3H3,(H,20,24). The molecular weight excluding hydrogens is 364 g/mol. The van der Waals surface area contributed by atoms with E-state index < -0.39 is 22.3 Å². The molecule has 1 atom stereocenters. The Balaban J connectivity index is 2.00. The fourth-order valence-corrected chi connectivity index (χ4v) is 3.62. The van der Waals surface area contributed by atoms with Crippen LogP contribution >= 0.6 is 0 Å². The summed E-state index contributed by atoms with van der Waals surface area (Å²) in [6, 6.07) is 5.57. The first-order valence-electron chi connectivity index (χ1n) is 8.98. The molecule has 0 aliphatic heterocycles. The number of nitro groups is 1. The van der Waals surface area contributed by atoms with Crippen LogP contribution in [0.15, 0.2) is 24.3 Å². The SMILES string of the molecule is COC(=O)C(C)(NC(=O)c1nn(C)c2c1CCCC2)c1cccc([N+](=O)[O-])c1. The molecule has 1 unspecified atom stereocenters. The van der Waals surface area contributed by atoms with E-state index in [0.717, 1.165) is 36.9 Å². The zero-order valence-corrected chi connectivity index (χ0v) is 16.0. The van der Waals surface area contributed by atoms with Crippen molar-refractivity contribution in [3.05, 3.63) is 56.9 Å². The molecule has 2 aromatic rings. The lowest BCUT2D eigenvalue weighted by Gasteiger charge is -2.28. The van der Waals surface area contributed by atoms with Gasteiger partial charge in [-0.25, -0.2) is 4.79 Å². The maximum Gasteiger partial charge on any atom is 0.336 e. The molecule has 9 heteroatoms. The average molecular weight is 386 g/mol. The number of aromatic nitrogens is 2. The Kier molecular flexibility index (Phi) is 5.17. The highest BCUT2D eigenvalue weighted by atomic mass is 16.6. The summed E-state index contributed by atoms with van der Waals surface area (Å²) in [6.45, 7) is 1.46. The van der Waals surface area contributed by atoms with Crippen molar-refractivity contribution in [1.29, 1.82) is 0 Å². The van der Waals surface area contributed by atoms with Gasteiger partial charge in [-0.1, -0.05) is 12.1 Å². The van der Waals surface area contributed by atoms with E-state index >= 15 is 0 Å². The molecule has 1 heterocycles. The predicted octanol–water partition coefficient (Wildman–Crippen LogP) is 2.03. The van der Waals surface area contributed by atoms with Crippen LogP contribution < -0.4 is 5.32 Å². The van der Waals surface area contributed by atoms with Crippen molar-refractivity contribution < 1.29 is 19.2 Å². The summed E-state index contributed by atoms with van der Waals surface area (Å²) in [6.07, 6.45) is 3.61. The number of benzene rings is 1. The van der Waals surface area contributed by atoms with E-state index in [0.29, 0.717) is 0 Å². The molecule has 1 aliphatic rings. The minimum absolute atomic E-state index is 0.183. The zero-order valence-electron chi connectivity index (χ0n) is 16.0. The van der Waals surface area contributed by atoms with Crippen LogP contribution in [0.25, 0.3) is 0 Å². The van der Waals surface area contributed by atoms with Crippen LogP contribution in [0.3, 0.4) is 0 Å². The Morgan fingerprint density at radius 3 is 2.71 bits per heavy atom. The summed E-state index contributed by atoms with van der Waals surface area (Å²) >= 11 is 0. The Labute approximate surface area is 161 Å². The number of methoxy groups -OCH3 is 1. The third-order valence-electron chi connectivity index (χ3n) is 5.17. The third-order valence-corrected chi connectivity index (χ3v) is 5.17. The van der Waals surface area contributed by atoms with Crippen LogP contribution in [0.2, 0.25) is 0 Å². The summed E-state index contributed by atoms with van der Waals surface area (Å²) in [5.74, 6) is -1.25. The molecule has 0 fully saturated rings. The van der Waals surface area contributed by atoms with Crippen molar-refractivity contribution in [2.24, 2.45) is 7.05 Å². The number of fused-ring (bicyclic) bond motifs is 1. The summed E-state index contributed by atoms with van der Waals surface area (Å²) < 4.78 is 6.58. The normalized spacial score (nSPS) is 15.2. The van der Waals surface area contributed by atoms with E-state index in [1.165, 1.54) is 38.3 Å². The second-order valence-electron chi connectivity index (χ2n) is 6.98. The number of non-ortho nitro benzene ring substituents is 1. The van der Waals surface area contributed by atoms with Crippen LogP contribution in [0.4, 0.5) is 5.69 Å². The van der Waals surface area contributed by atoms with Crippen molar-refractivity contribution in [2.75, 3.05) is 7.11 Å². The Hall–Kier alpha value is -3.23. The van der Waals surface area contributed by atoms with E-state index in [2.05, 4.69) is 10.4 Å². The van der Waals surface area contributed by atoms with Gasteiger partial charge in [0.25, 0.3) is 11.6 Å². The summed E-state index contributed by atoms with van der Waals surface area (Å²) in [5, 5.41) is 18.2. The van der Waals surface area contributed by atoms with E-state index in [-0.39, 0.29) is 16.9 Å². The summed E-state index contributed by atoms with van der Waals surface area (Å²) in [4.78, 5) is 36.1. The first kappa shape index (κ1) is 19.5. The molecule has 1 aliphatic carbocycles. The molecule has 9 nitrogen and oxygen atoms in total. The van der Waals surface area contributed by atoms with Gasteiger partial charge in [-0.3, -0.25) is 19.6 Å². The number of aryl methyl sites for hydroxylation is 1. The summed E-state index contributed by atoms with van der Waals surface area (Å²) in [7, 11) is 2.99. The van der Waals surface area contributed by atoms with Gasteiger partial charge in [-0.15, -0.1) is 0 Å². The highest BCUT2D eigenvalue weighted by Crippen LogP contribution is 2.28. The molecule has 1 aromatic heterocycles. The fourth-order valence-electron chi connectivity index (χ4n) is 3.62. The molecule has 1 amide bonds. The number of hydrogen-bond acceptors (Lipinski definition) is 6. The van der Waals surface area contributed by atoms with E-state index in [9.17, 15) is 19.7 Å². The number of carbonyl (C=O) groups is 2. The number of ether oxygens (including phenoxy) is 1. The Bertz CT molecular complexity index is 952. The molecule has 0 saturated carbocycles. The number of nitrogens with one attached hydrogen (secondary N) is 1. The average Bonchev–Trinajstić information content (AvgIpc) is 3.04. The highest BCUT2D eigenvalue weighted by Gasteiger charge is 2.40. The van der Waals surface area contributed by atoms with Crippen LogP contribution in [0.5, 0.6) is 0 Å². The van der Waals surface area contributed by atoms with Crippen LogP contribution in [-0.2, 0) is 35.0 Å². The molecule has 0 radical (unpaired) electrons. The fraction of sp³-hybridized carbons (Fsp3) is 0.421. The van der Waals surface area contributed by atoms with Gasteiger partial charge in [0.2, 0.25) is 0 Å². The first-order valence-corrected chi connectivity index (χ1v) is 8.98. The van der Waals surface area contributed by atoms with Crippen molar-refractivity contribution in [3.63, 3.8) is 0 Å². The molecule has 3 rings (SSSR count). The predicted molar refractivity (Wildman–Crippen MR) is 99.8 cm³/mol. The van der Waals surface area contributed by atoms with Crippen molar-refractivity contribution in [2.45, 2.75) is 38.1 Å². The molecule has 0 bridgehead atoms. The van der Waals surface area contributed by atoms with Gasteiger partial charge in [0.05, 0.1) is 12.0 Å². The van der Waals surface area contributed by atoms with Gasteiger partial charge in [-0.05, 0) is 38.2 Å². The zero-order chi connectivity index (χ0) is 20.5. The van der Waals surface area contributed by atoms with E-state index in [1.54, 1.807) is 11.7 Å². The molecule has 0 saturated heterocycles. The minimum atomic E-state index is -1.60. The van der Waals surface area contributed by atoms with Crippen LogP contribution in [-0.4, -0.2) is 33.7 Å². The van der Waals surface area contributed by atoms with Gasteiger partial charge < -0.3 is 10.1 Å². The largest absolute Gasteiger partial charge is 0.467 e. The van der Waals surface area contributed by atoms with Crippen molar-refractivity contribution in [1.82, 2.24) is 15.1 Å². The molecular formula is C19H22N4O5. The lowest BCUT2D eigenvalue weighted by molar-refractivity contribution is -0.385. The monoisotopic (exact) mass is 386 g/mol. The van der Waals surface area contributed by atoms with Gasteiger partial charge in [0, 0.05) is 30.4 Å². The topological polar surface area (TPSA) is 116 Å². The second kappa shape index (κ2) is 7.41. The smallest absolute Gasteiger partial charge is 0.336 e. The number of rotatable bonds is 5. The third kappa shape index (κ3) is 3.35. The minimum Gasteiger partial charge on any atom is -0.467 e. The molecule has 0 spiro atoms. The molecule has 28 heavy (non-hydrogen) atoms. The number of nitrogens with zero attached hydrogens (tertiary/aromatic N) is 3. The Morgan fingerprint density at radius 2 is 2.04 bits per heavy atom. The number of carbonyl (C=O) groups excluding carboxylic acids is 2. The number of amides is 1. The second-order valence-corrected chi connectivity index (χ2v) is 6.98. The molecule has 1 N–H and O–H groups in total. The van der Waals surface area contributed by atoms with Gasteiger partial charge in [0.1, 0.15) is 0 Å². The number of esters is 1. The van der Waals surface area contributed by atoms with E-state index in [4.69, 9.17) is 4.74 Å². The van der Waals surface area contributed by atoms with Crippen LogP contribution in [0, 0.1) is 10.1 Å². The van der Waals surface area contributed by atoms with Gasteiger partial charge in [0.15, 0.2) is 11.2 Å². The number of nitro benzene ring substituents is 1. The first-order chi connectivity index (χ1) is 13.3. The van der Waals surface area contributed by atoms with Crippen LogP contribution in [0.1, 0.15) is 47.1 Å². The maximum atomic E-state index is 13.0. The molecule has 148 valence electrons. The highest BCUT2D eigenvalue weighted by molar-refractivity contribution is 5.98.